The lowest BCUT2D eigenvalue weighted by Crippen LogP contribution is -2.48. The van der Waals surface area contributed by atoms with Crippen molar-refractivity contribution in [2.75, 3.05) is 88.7 Å². The van der Waals surface area contributed by atoms with E-state index in [2.05, 4.69) is 38.9 Å². The van der Waals surface area contributed by atoms with E-state index in [4.69, 9.17) is 25.8 Å². The molecule has 16 nitrogen and oxygen atoms in total. The summed E-state index contributed by atoms with van der Waals surface area (Å²) in [6.45, 7) is 8.23. The molecule has 0 saturated carbocycles. The first kappa shape index (κ1) is 50.3. The normalized spacial score (nSPS) is 18.0. The zero-order valence-electron chi connectivity index (χ0n) is 38.8. The van der Waals surface area contributed by atoms with Gasteiger partial charge < -0.3 is 34.3 Å². The predicted octanol–water partition coefficient (Wildman–Crippen LogP) is 8.66. The second kappa shape index (κ2) is 20.7. The van der Waals surface area contributed by atoms with Gasteiger partial charge in [0.25, 0.3) is 5.69 Å². The number of pyridine rings is 1. The number of nitro groups is 1. The molecular formula is C49H53ClF3N7O9S. The number of ketones is 1. The fraction of sp³-hybridized carbons (Fsp3) is 0.408. The Bertz CT molecular complexity index is 2940. The summed E-state index contributed by atoms with van der Waals surface area (Å²) in [5, 5.41) is 16.0. The minimum absolute atomic E-state index is 0.0277. The van der Waals surface area contributed by atoms with Crippen LogP contribution in [0.3, 0.4) is 0 Å². The Morgan fingerprint density at radius 3 is 2.56 bits per heavy atom. The lowest BCUT2D eigenvalue weighted by atomic mass is 9.72. The Morgan fingerprint density at radius 1 is 1.04 bits per heavy atom. The van der Waals surface area contributed by atoms with E-state index in [9.17, 15) is 41.3 Å². The number of carbonyl (C=O) groups is 2. The molecule has 8 rings (SSSR count). The molecule has 2 aliphatic heterocycles. The van der Waals surface area contributed by atoms with Gasteiger partial charge in [-0.15, -0.1) is 0 Å². The van der Waals surface area contributed by atoms with E-state index in [1.807, 2.05) is 0 Å². The van der Waals surface area contributed by atoms with Crippen molar-refractivity contribution in [3.05, 3.63) is 117 Å². The number of halogens is 4. The Labute approximate surface area is 407 Å². The summed E-state index contributed by atoms with van der Waals surface area (Å²) in [5.74, 6) is -1.66. The lowest BCUT2D eigenvalue weighted by molar-refractivity contribution is -0.384. The molecule has 3 aliphatic rings. The topological polar surface area (TPSA) is 190 Å². The molecule has 1 amide bonds. The molecule has 4 heterocycles. The van der Waals surface area contributed by atoms with Crippen molar-refractivity contribution in [1.29, 1.82) is 0 Å². The largest absolute Gasteiger partial charge is 0.455 e. The van der Waals surface area contributed by atoms with Gasteiger partial charge in [0.1, 0.15) is 35.2 Å². The van der Waals surface area contributed by atoms with Crippen LogP contribution in [0.15, 0.2) is 89.6 Å². The van der Waals surface area contributed by atoms with E-state index in [-0.39, 0.29) is 59.6 Å². The molecule has 0 radical (unpaired) electrons. The van der Waals surface area contributed by atoms with Crippen molar-refractivity contribution in [2.45, 2.75) is 50.3 Å². The molecule has 2 aromatic heterocycles. The maximum atomic E-state index is 14.1. The molecule has 0 bridgehead atoms. The number of morpholine rings is 1. The molecule has 2 N–H and O–H groups in total. The first-order valence-corrected chi connectivity index (χ1v) is 24.8. The van der Waals surface area contributed by atoms with Crippen LogP contribution >= 0.6 is 11.6 Å². The molecule has 21 heteroatoms. The third-order valence-corrected chi connectivity index (χ3v) is 14.9. The Kier molecular flexibility index (Phi) is 14.9. The summed E-state index contributed by atoms with van der Waals surface area (Å²) < 4.78 is 85.3. The van der Waals surface area contributed by atoms with Crippen LogP contribution in [0.4, 0.5) is 30.2 Å². The van der Waals surface area contributed by atoms with Crippen molar-refractivity contribution < 1.29 is 50.3 Å². The number of Topliss-reactive ketones (excluding diaryl/α,β-unsaturated/α-hetero) is 1. The number of H-pyrrole nitrogens is 1. The summed E-state index contributed by atoms with van der Waals surface area (Å²) >= 11 is 6.54. The number of hydrogen-bond acceptors (Lipinski definition) is 13. The van der Waals surface area contributed by atoms with Gasteiger partial charge in [-0.05, 0) is 84.3 Å². The van der Waals surface area contributed by atoms with Crippen LogP contribution in [0.25, 0.3) is 16.6 Å². The number of alkyl halides is 3. The predicted molar refractivity (Wildman–Crippen MR) is 258 cm³/mol. The summed E-state index contributed by atoms with van der Waals surface area (Å²) in [5.41, 5.74) is 2.71. The number of sulfone groups is 1. The van der Waals surface area contributed by atoms with Gasteiger partial charge in [0.15, 0.2) is 15.6 Å². The van der Waals surface area contributed by atoms with Crippen LogP contribution < -0.4 is 15.0 Å². The highest BCUT2D eigenvalue weighted by molar-refractivity contribution is 7.92. The number of hydrogen-bond donors (Lipinski definition) is 2. The first-order valence-electron chi connectivity index (χ1n) is 22.7. The van der Waals surface area contributed by atoms with Gasteiger partial charge in [-0.1, -0.05) is 37.1 Å². The van der Waals surface area contributed by atoms with Crippen molar-refractivity contribution in [3.63, 3.8) is 0 Å². The van der Waals surface area contributed by atoms with Gasteiger partial charge in [0.2, 0.25) is 5.91 Å². The molecule has 1 atom stereocenters. The number of aromatic nitrogens is 2. The summed E-state index contributed by atoms with van der Waals surface area (Å²) in [4.78, 5) is 51.0. The quantitative estimate of drug-likeness (QED) is 0.0543. The highest BCUT2D eigenvalue weighted by Crippen LogP contribution is 2.46. The maximum Gasteiger partial charge on any atom is 0.416 e. The number of aromatic amines is 1. The number of amides is 1. The van der Waals surface area contributed by atoms with Crippen molar-refractivity contribution in [1.82, 2.24) is 19.8 Å². The van der Waals surface area contributed by atoms with Crippen LogP contribution in [0.2, 0.25) is 5.02 Å². The van der Waals surface area contributed by atoms with E-state index in [1.165, 1.54) is 37.6 Å². The van der Waals surface area contributed by atoms with Crippen LogP contribution in [0, 0.1) is 15.5 Å². The van der Waals surface area contributed by atoms with E-state index in [1.54, 1.807) is 35.4 Å². The summed E-state index contributed by atoms with van der Waals surface area (Å²) in [6.07, 6.45) is 0.579. The molecule has 5 aromatic rings. The average molecular weight is 1010 g/mol. The fourth-order valence-corrected chi connectivity index (χ4v) is 10.7. The minimum Gasteiger partial charge on any atom is -0.455 e. The van der Waals surface area contributed by atoms with E-state index < -0.39 is 54.7 Å². The third kappa shape index (κ3) is 11.7. The monoisotopic (exact) mass is 1010 g/mol. The molecule has 2 fully saturated rings. The lowest BCUT2D eigenvalue weighted by Gasteiger charge is -2.39. The number of methoxy groups -OCH3 is 1. The van der Waals surface area contributed by atoms with Crippen LogP contribution in [0.5, 0.6) is 11.5 Å². The average Bonchev–Trinajstić information content (AvgIpc) is 3.79. The van der Waals surface area contributed by atoms with Gasteiger partial charge >= 0.3 is 6.18 Å². The van der Waals surface area contributed by atoms with Gasteiger partial charge in [0.05, 0.1) is 39.9 Å². The molecule has 0 spiro atoms. The molecule has 2 saturated heterocycles. The number of nitrogens with zero attached hydrogens (tertiary/aromatic N) is 5. The number of fused-ring (bicyclic) bond motifs is 1. The van der Waals surface area contributed by atoms with Crippen LogP contribution in [0.1, 0.15) is 54.6 Å². The Balaban J connectivity index is 0.988. The summed E-state index contributed by atoms with van der Waals surface area (Å²) in [6, 6.07) is 15.4. The molecule has 3 aromatic carbocycles. The SMILES string of the molecule is COCC(=O)N1CCO[C@H](CNc2ccc(S(=O)(=O)CC(=O)c3ccc(N4CCN(CC5=C(c6ccc(C(F)(F)F)cc6Cl)CC(C)(C)CC5)CC4)cc3Oc3cnc4[nH]ccc4c3)cc2[N+](=O)[O-])C1. The van der Waals surface area contributed by atoms with Gasteiger partial charge in [-0.25, -0.2) is 13.4 Å². The van der Waals surface area contributed by atoms with E-state index in [0.29, 0.717) is 68.3 Å². The van der Waals surface area contributed by atoms with Gasteiger partial charge in [-0.3, -0.25) is 24.6 Å². The molecular weight excluding hydrogens is 955 g/mol. The highest BCUT2D eigenvalue weighted by atomic mass is 35.5. The van der Waals surface area contributed by atoms with Gasteiger partial charge in [-0.2, -0.15) is 13.2 Å². The summed E-state index contributed by atoms with van der Waals surface area (Å²) in [7, 11) is -3.03. The number of piperazine rings is 1. The molecule has 70 heavy (non-hydrogen) atoms. The molecule has 372 valence electrons. The van der Waals surface area contributed by atoms with Gasteiger partial charge in [0, 0.05) is 93.9 Å². The zero-order chi connectivity index (χ0) is 50.0. The first-order chi connectivity index (χ1) is 33.3. The second-order valence-electron chi connectivity index (χ2n) is 18.5. The highest BCUT2D eigenvalue weighted by Gasteiger charge is 2.34. The number of rotatable bonds is 16. The standard InChI is InChI=1S/C49H53ClF3N7O9S/c1-48(2)12-10-32(40(24-48)38-7-4-33(21-41(38)50)49(51,52)53)27-57-14-16-58(17-15-57)34-5-8-39(45(22-34)69-35-20-31-11-13-54-47(31)56-25-35)44(61)30-70(65,66)37-6-9-42(43(23-37)60(63)64)55-26-36-28-59(18-19-68-36)46(62)29-67-3/h4-9,11,13,20-23,25,36,55H,10,12,14-19,24,26-30H2,1-3H3,(H,54,56)/t36-/m1/s1. The van der Waals surface area contributed by atoms with Crippen molar-refractivity contribution in [2.24, 2.45) is 5.41 Å². The molecule has 0 unspecified atom stereocenters. The minimum atomic E-state index is -4.51. The number of nitro benzene ring substituents is 1. The Hall–Kier alpha value is -6.06. The van der Waals surface area contributed by atoms with Crippen molar-refractivity contribution in [3.8, 4) is 11.5 Å². The smallest absolute Gasteiger partial charge is 0.416 e. The van der Waals surface area contributed by atoms with Crippen LogP contribution in [-0.2, 0) is 30.3 Å². The number of anilines is 2. The number of benzene rings is 3. The number of carbonyl (C=O) groups excluding carboxylic acids is 2. The van der Waals surface area contributed by atoms with E-state index >= 15 is 0 Å². The number of allylic oxidation sites excluding steroid dienone is 1. The zero-order valence-corrected chi connectivity index (χ0v) is 40.4. The fourth-order valence-electron chi connectivity index (χ4n) is 9.13. The third-order valence-electron chi connectivity index (χ3n) is 13.0. The Morgan fingerprint density at radius 2 is 1.83 bits per heavy atom. The number of nitrogens with one attached hydrogen (secondary N) is 2. The number of ether oxygens (including phenoxy) is 3. The maximum absolute atomic E-state index is 14.1. The van der Waals surface area contributed by atoms with E-state index in [0.717, 1.165) is 47.6 Å². The second-order valence-corrected chi connectivity index (χ2v) is 20.9. The van der Waals surface area contributed by atoms with Crippen LogP contribution in [-0.4, -0.2) is 129 Å². The molecule has 1 aliphatic carbocycles. The van der Waals surface area contributed by atoms with Crippen molar-refractivity contribution >= 4 is 66.8 Å².